The zero-order chi connectivity index (χ0) is 8.48. The molecule has 64 valence electrons. The van der Waals surface area contributed by atoms with Gasteiger partial charge in [-0.25, -0.2) is 0 Å². The van der Waals surface area contributed by atoms with Gasteiger partial charge in [0.05, 0.1) is 6.61 Å². The second kappa shape index (κ2) is 2.82. The maximum absolute atomic E-state index is 10.0. The van der Waals surface area contributed by atoms with Crippen molar-refractivity contribution < 1.29 is 9.47 Å². The van der Waals surface area contributed by atoms with E-state index in [-0.39, 0.29) is 6.61 Å². The number of nitrogens with zero attached hydrogens (tertiary/aromatic N) is 1. The van der Waals surface area contributed by atoms with Crippen LogP contribution >= 0.6 is 0 Å². The summed E-state index contributed by atoms with van der Waals surface area (Å²) in [4.78, 5) is 10.0. The zero-order valence-corrected chi connectivity index (χ0v) is 6.19. The van der Waals surface area contributed by atoms with E-state index in [1.54, 1.807) is 6.92 Å². The van der Waals surface area contributed by atoms with Gasteiger partial charge in [0, 0.05) is 0 Å². The molecule has 0 aliphatic carbocycles. The minimum atomic E-state index is -1.55. The summed E-state index contributed by atoms with van der Waals surface area (Å²) in [7, 11) is 0. The van der Waals surface area contributed by atoms with Gasteiger partial charge in [0.15, 0.2) is 0 Å². The van der Waals surface area contributed by atoms with E-state index in [9.17, 15) is 4.91 Å². The fourth-order valence-corrected chi connectivity index (χ4v) is 0.823. The molecule has 0 saturated carbocycles. The van der Waals surface area contributed by atoms with E-state index in [1.807, 2.05) is 0 Å². The summed E-state index contributed by atoms with van der Waals surface area (Å²) in [5.74, 6) is 0. The summed E-state index contributed by atoms with van der Waals surface area (Å²) >= 11 is 0. The summed E-state index contributed by atoms with van der Waals surface area (Å²) < 4.78 is 9.75. The number of hydrogen-bond donors (Lipinski definition) is 2. The fraction of sp³-hybridized carbons (Fsp3) is 1.00. The molecular weight excluding hydrogens is 150 g/mol. The Morgan fingerprint density at radius 1 is 1.73 bits per heavy atom. The van der Waals surface area contributed by atoms with Crippen molar-refractivity contribution in [3.05, 3.63) is 4.91 Å². The van der Waals surface area contributed by atoms with Gasteiger partial charge < -0.3 is 9.47 Å². The molecule has 1 heterocycles. The lowest BCUT2D eigenvalue weighted by atomic mass is 10.2. The van der Waals surface area contributed by atoms with Gasteiger partial charge in [0.2, 0.25) is 0 Å². The Kier molecular flexibility index (Phi) is 2.19. The first kappa shape index (κ1) is 8.54. The van der Waals surface area contributed by atoms with Gasteiger partial charge in [-0.05, 0) is 6.92 Å². The monoisotopic (exact) mass is 161 g/mol. The van der Waals surface area contributed by atoms with E-state index in [0.717, 1.165) is 0 Å². The lowest BCUT2D eigenvalue weighted by molar-refractivity contribution is -0.160. The topological polar surface area (TPSA) is 99.9 Å². The van der Waals surface area contributed by atoms with E-state index in [0.29, 0.717) is 0 Å². The second-order valence-electron chi connectivity index (χ2n) is 2.53. The Morgan fingerprint density at radius 2 is 2.36 bits per heavy atom. The number of nitroso groups, excluding NO2 is 1. The van der Waals surface area contributed by atoms with Crippen molar-refractivity contribution in [3.8, 4) is 0 Å². The van der Waals surface area contributed by atoms with Gasteiger partial charge >= 0.3 is 0 Å². The standard InChI is InChI=1S/C5H11N3O3/c1-3(8-9)4-2-10-5(6,7)11-4/h3-4H,2,6-7H2,1H3. The largest absolute Gasteiger partial charge is 0.322 e. The van der Waals surface area contributed by atoms with Crippen LogP contribution in [0.2, 0.25) is 0 Å². The van der Waals surface area contributed by atoms with Gasteiger partial charge in [0.25, 0.3) is 6.03 Å². The molecule has 1 aliphatic rings. The molecule has 1 saturated heterocycles. The minimum Gasteiger partial charge on any atom is -0.322 e. The van der Waals surface area contributed by atoms with Crippen LogP contribution in [0.4, 0.5) is 0 Å². The number of nitrogens with two attached hydrogens (primary N) is 2. The van der Waals surface area contributed by atoms with Crippen LogP contribution in [0.25, 0.3) is 0 Å². The number of ether oxygens (including phenoxy) is 2. The molecule has 0 radical (unpaired) electrons. The summed E-state index contributed by atoms with van der Waals surface area (Å²) in [5.41, 5.74) is 10.5. The highest BCUT2D eigenvalue weighted by molar-refractivity contribution is 4.77. The van der Waals surface area contributed by atoms with Crippen molar-refractivity contribution in [2.24, 2.45) is 16.6 Å². The first-order chi connectivity index (χ1) is 5.05. The predicted octanol–water partition coefficient (Wildman–Crippen LogP) is -0.915. The van der Waals surface area contributed by atoms with Crippen LogP contribution in [0, 0.1) is 4.91 Å². The molecule has 0 spiro atoms. The first-order valence-electron chi connectivity index (χ1n) is 3.27. The second-order valence-corrected chi connectivity index (χ2v) is 2.53. The SMILES string of the molecule is CC(N=O)C1COC(N)(N)O1. The highest BCUT2D eigenvalue weighted by Gasteiger charge is 2.37. The molecule has 2 atom stereocenters. The smallest absolute Gasteiger partial charge is 0.287 e. The average Bonchev–Trinajstić information content (AvgIpc) is 2.29. The molecule has 2 unspecified atom stereocenters. The molecule has 4 N–H and O–H groups in total. The van der Waals surface area contributed by atoms with Crippen LogP contribution in [0.1, 0.15) is 6.92 Å². The van der Waals surface area contributed by atoms with E-state index in [1.165, 1.54) is 0 Å². The van der Waals surface area contributed by atoms with Crippen LogP contribution in [0.5, 0.6) is 0 Å². The summed E-state index contributed by atoms with van der Waals surface area (Å²) in [5, 5.41) is 2.77. The van der Waals surface area contributed by atoms with E-state index in [2.05, 4.69) is 5.18 Å². The van der Waals surface area contributed by atoms with Crippen molar-refractivity contribution in [2.75, 3.05) is 6.61 Å². The average molecular weight is 161 g/mol. The molecule has 0 aromatic heterocycles. The van der Waals surface area contributed by atoms with Crippen molar-refractivity contribution in [1.82, 2.24) is 0 Å². The quantitative estimate of drug-likeness (QED) is 0.403. The van der Waals surface area contributed by atoms with Gasteiger partial charge in [-0.15, -0.1) is 0 Å². The van der Waals surface area contributed by atoms with Crippen LogP contribution in [0.15, 0.2) is 5.18 Å². The molecule has 0 aromatic carbocycles. The summed E-state index contributed by atoms with van der Waals surface area (Å²) in [6.07, 6.45) is -0.428. The molecule has 11 heavy (non-hydrogen) atoms. The Hall–Kier alpha value is -0.560. The third-order valence-electron chi connectivity index (χ3n) is 1.51. The zero-order valence-electron chi connectivity index (χ0n) is 6.19. The van der Waals surface area contributed by atoms with Crippen LogP contribution in [0.3, 0.4) is 0 Å². The van der Waals surface area contributed by atoms with Crippen LogP contribution in [-0.4, -0.2) is 24.8 Å². The highest BCUT2D eigenvalue weighted by atomic mass is 16.8. The number of rotatable bonds is 2. The Balaban J connectivity index is 2.47. The van der Waals surface area contributed by atoms with Gasteiger partial charge in [-0.3, -0.25) is 11.5 Å². The Labute approximate surface area is 63.8 Å². The molecule has 6 nitrogen and oxygen atoms in total. The molecule has 6 heteroatoms. The van der Waals surface area contributed by atoms with Gasteiger partial charge in [-0.2, -0.15) is 4.91 Å². The summed E-state index contributed by atoms with van der Waals surface area (Å²) in [6, 6.07) is -2.03. The fourth-order valence-electron chi connectivity index (χ4n) is 0.823. The molecule has 0 bridgehead atoms. The predicted molar refractivity (Wildman–Crippen MR) is 37.2 cm³/mol. The minimum absolute atomic E-state index is 0.208. The first-order valence-corrected chi connectivity index (χ1v) is 3.27. The lowest BCUT2D eigenvalue weighted by Gasteiger charge is -2.16. The Morgan fingerprint density at radius 3 is 2.73 bits per heavy atom. The maximum atomic E-state index is 10.0. The molecule has 1 aliphatic heterocycles. The third-order valence-corrected chi connectivity index (χ3v) is 1.51. The molecule has 1 fully saturated rings. The van der Waals surface area contributed by atoms with Crippen LogP contribution < -0.4 is 11.5 Å². The van der Waals surface area contributed by atoms with Crippen molar-refractivity contribution in [1.29, 1.82) is 0 Å². The van der Waals surface area contributed by atoms with Crippen molar-refractivity contribution in [2.45, 2.75) is 25.1 Å². The maximum Gasteiger partial charge on any atom is 0.287 e. The van der Waals surface area contributed by atoms with Gasteiger partial charge in [0.1, 0.15) is 12.1 Å². The van der Waals surface area contributed by atoms with Crippen molar-refractivity contribution in [3.63, 3.8) is 0 Å². The van der Waals surface area contributed by atoms with E-state index >= 15 is 0 Å². The van der Waals surface area contributed by atoms with E-state index in [4.69, 9.17) is 20.9 Å². The van der Waals surface area contributed by atoms with Crippen LogP contribution in [-0.2, 0) is 9.47 Å². The van der Waals surface area contributed by atoms with Gasteiger partial charge in [-0.1, -0.05) is 5.18 Å². The van der Waals surface area contributed by atoms with E-state index < -0.39 is 18.2 Å². The van der Waals surface area contributed by atoms with Crippen molar-refractivity contribution >= 4 is 0 Å². The summed E-state index contributed by atoms with van der Waals surface area (Å²) in [6.45, 7) is 1.82. The molecule has 1 rings (SSSR count). The Bertz CT molecular complexity index is 161. The molecule has 0 amide bonds. The lowest BCUT2D eigenvalue weighted by Crippen LogP contribution is -2.51. The molecular formula is C5H11N3O3. The highest BCUT2D eigenvalue weighted by Crippen LogP contribution is 2.17. The number of hydrogen-bond acceptors (Lipinski definition) is 6. The third kappa shape index (κ3) is 1.93. The molecule has 0 aromatic rings. The normalized spacial score (nSPS) is 31.7.